The van der Waals surface area contributed by atoms with Crippen LogP contribution in [0.2, 0.25) is 0 Å². The molecule has 0 aliphatic carbocycles. The Labute approximate surface area is 121 Å². The molecule has 0 fully saturated rings. The van der Waals surface area contributed by atoms with Crippen molar-refractivity contribution in [3.8, 4) is 0 Å². The fraction of sp³-hybridized carbons (Fsp3) is 1.00. The van der Waals surface area contributed by atoms with Crippen LogP contribution >= 0.6 is 0 Å². The molecule has 0 spiro atoms. The highest BCUT2D eigenvalue weighted by atomic mass is 16.5. The Morgan fingerprint density at radius 3 is 2.11 bits per heavy atom. The molecule has 0 aromatic carbocycles. The van der Waals surface area contributed by atoms with Gasteiger partial charge in [-0.25, -0.2) is 0 Å². The lowest BCUT2D eigenvalue weighted by atomic mass is 10.1. The predicted molar refractivity (Wildman–Crippen MR) is 85.8 cm³/mol. The van der Waals surface area contributed by atoms with E-state index in [-0.39, 0.29) is 5.60 Å². The molecule has 19 heavy (non-hydrogen) atoms. The lowest BCUT2D eigenvalue weighted by Gasteiger charge is -2.25. The minimum atomic E-state index is -0.0206. The van der Waals surface area contributed by atoms with Crippen molar-refractivity contribution in [3.05, 3.63) is 0 Å². The van der Waals surface area contributed by atoms with E-state index in [1.165, 1.54) is 51.4 Å². The van der Waals surface area contributed by atoms with Crippen LogP contribution in [0.1, 0.15) is 86.0 Å². The average molecular weight is 271 g/mol. The van der Waals surface area contributed by atoms with Gasteiger partial charge in [0.05, 0.1) is 12.2 Å². The van der Waals surface area contributed by atoms with Crippen molar-refractivity contribution in [2.45, 2.75) is 97.6 Å². The number of hydrogen-bond donors (Lipinski definition) is 1. The maximum atomic E-state index is 5.92. The molecule has 0 radical (unpaired) electrons. The molecule has 1 atom stereocenters. The molecule has 0 aliphatic heterocycles. The maximum absolute atomic E-state index is 5.92. The molecule has 0 saturated heterocycles. The molecule has 0 aliphatic rings. The summed E-state index contributed by atoms with van der Waals surface area (Å²) >= 11 is 0. The lowest BCUT2D eigenvalue weighted by Crippen LogP contribution is -2.37. The van der Waals surface area contributed by atoms with E-state index < -0.39 is 0 Å². The molecule has 0 rings (SSSR count). The molecule has 0 aromatic rings. The highest BCUT2D eigenvalue weighted by molar-refractivity contribution is 4.69. The summed E-state index contributed by atoms with van der Waals surface area (Å²) in [6, 6.07) is 0.533. The van der Waals surface area contributed by atoms with E-state index in [2.05, 4.69) is 39.9 Å². The largest absolute Gasteiger partial charge is 0.374 e. The first kappa shape index (κ1) is 18.9. The summed E-state index contributed by atoms with van der Waals surface area (Å²) in [5.74, 6) is 0. The topological polar surface area (TPSA) is 21.3 Å². The van der Waals surface area contributed by atoms with Gasteiger partial charge in [-0.2, -0.15) is 0 Å². The molecule has 0 bridgehead atoms. The van der Waals surface area contributed by atoms with E-state index in [1.807, 2.05) is 0 Å². The Hall–Kier alpha value is -0.0800. The Kier molecular flexibility index (Phi) is 11.7. The molecule has 116 valence electrons. The van der Waals surface area contributed by atoms with Crippen molar-refractivity contribution in [1.29, 1.82) is 0 Å². The Bertz CT molecular complexity index is 186. The van der Waals surface area contributed by atoms with Crippen molar-refractivity contribution < 1.29 is 4.74 Å². The van der Waals surface area contributed by atoms with Crippen molar-refractivity contribution in [3.63, 3.8) is 0 Å². The van der Waals surface area contributed by atoms with Crippen LogP contribution in [0.5, 0.6) is 0 Å². The van der Waals surface area contributed by atoms with Gasteiger partial charge in [0.2, 0.25) is 0 Å². The third-order valence-corrected chi connectivity index (χ3v) is 3.31. The first-order chi connectivity index (χ1) is 8.99. The summed E-state index contributed by atoms with van der Waals surface area (Å²) in [6.45, 7) is 12.8. The lowest BCUT2D eigenvalue weighted by molar-refractivity contribution is -0.0156. The fourth-order valence-electron chi connectivity index (χ4n) is 2.11. The van der Waals surface area contributed by atoms with Gasteiger partial charge in [0.1, 0.15) is 0 Å². The van der Waals surface area contributed by atoms with Gasteiger partial charge in [0.25, 0.3) is 0 Å². The first-order valence-corrected chi connectivity index (χ1v) is 8.37. The molecular weight excluding hydrogens is 234 g/mol. The van der Waals surface area contributed by atoms with E-state index in [0.29, 0.717) is 6.04 Å². The number of unbranched alkanes of at least 4 members (excludes halogenated alkanes) is 5. The van der Waals surface area contributed by atoms with Gasteiger partial charge in [-0.05, 0) is 40.2 Å². The standard InChI is InChI=1S/C17H37NO/c1-6-8-9-10-11-12-13-16(18-14-7-2)15-19-17(3,4)5/h16,18H,6-15H2,1-5H3. The molecular formula is C17H37NO. The number of nitrogens with one attached hydrogen (secondary N) is 1. The Morgan fingerprint density at radius 1 is 0.895 bits per heavy atom. The molecule has 1 unspecified atom stereocenters. The monoisotopic (exact) mass is 271 g/mol. The van der Waals surface area contributed by atoms with Crippen LogP contribution < -0.4 is 5.32 Å². The molecule has 2 heteroatoms. The zero-order valence-corrected chi connectivity index (χ0v) is 14.1. The van der Waals surface area contributed by atoms with Gasteiger partial charge in [-0.1, -0.05) is 52.4 Å². The summed E-state index contributed by atoms with van der Waals surface area (Å²) in [4.78, 5) is 0. The van der Waals surface area contributed by atoms with E-state index in [1.54, 1.807) is 0 Å². The van der Waals surface area contributed by atoms with Gasteiger partial charge >= 0.3 is 0 Å². The van der Waals surface area contributed by atoms with Crippen LogP contribution in [0, 0.1) is 0 Å². The van der Waals surface area contributed by atoms with Crippen molar-refractivity contribution >= 4 is 0 Å². The average Bonchev–Trinajstić information content (AvgIpc) is 2.34. The molecule has 0 aromatic heterocycles. The van der Waals surface area contributed by atoms with Crippen LogP contribution in [0.3, 0.4) is 0 Å². The number of rotatable bonds is 12. The number of ether oxygens (including phenoxy) is 1. The van der Waals surface area contributed by atoms with Gasteiger partial charge < -0.3 is 10.1 Å². The number of hydrogen-bond acceptors (Lipinski definition) is 2. The summed E-state index contributed by atoms with van der Waals surface area (Å²) in [5, 5.41) is 3.62. The third-order valence-electron chi connectivity index (χ3n) is 3.31. The second-order valence-electron chi connectivity index (χ2n) is 6.63. The smallest absolute Gasteiger partial charge is 0.0626 e. The predicted octanol–water partition coefficient (Wildman–Crippen LogP) is 4.92. The van der Waals surface area contributed by atoms with Crippen molar-refractivity contribution in [2.75, 3.05) is 13.2 Å². The second-order valence-corrected chi connectivity index (χ2v) is 6.63. The van der Waals surface area contributed by atoms with Crippen molar-refractivity contribution in [1.82, 2.24) is 5.32 Å². The van der Waals surface area contributed by atoms with E-state index in [9.17, 15) is 0 Å². The fourth-order valence-corrected chi connectivity index (χ4v) is 2.11. The minimum Gasteiger partial charge on any atom is -0.374 e. The highest BCUT2D eigenvalue weighted by Crippen LogP contribution is 2.12. The highest BCUT2D eigenvalue weighted by Gasteiger charge is 2.14. The summed E-state index contributed by atoms with van der Waals surface area (Å²) < 4.78 is 5.92. The zero-order chi connectivity index (χ0) is 14.6. The Morgan fingerprint density at radius 2 is 1.53 bits per heavy atom. The van der Waals surface area contributed by atoms with Crippen LogP contribution in [0.4, 0.5) is 0 Å². The maximum Gasteiger partial charge on any atom is 0.0626 e. The summed E-state index contributed by atoms with van der Waals surface area (Å²) in [7, 11) is 0. The van der Waals surface area contributed by atoms with Gasteiger partial charge in [-0.15, -0.1) is 0 Å². The van der Waals surface area contributed by atoms with Crippen LogP contribution in [-0.2, 0) is 4.74 Å². The van der Waals surface area contributed by atoms with Crippen molar-refractivity contribution in [2.24, 2.45) is 0 Å². The Balaban J connectivity index is 3.73. The molecule has 0 heterocycles. The molecule has 0 saturated carbocycles. The van der Waals surface area contributed by atoms with Gasteiger partial charge in [0, 0.05) is 6.04 Å². The molecule has 2 nitrogen and oxygen atoms in total. The molecule has 1 N–H and O–H groups in total. The summed E-state index contributed by atoms with van der Waals surface area (Å²) in [6.07, 6.45) is 10.7. The quantitative estimate of drug-likeness (QED) is 0.509. The van der Waals surface area contributed by atoms with E-state index in [4.69, 9.17) is 4.74 Å². The normalized spacial score (nSPS) is 13.7. The van der Waals surface area contributed by atoms with Crippen LogP contribution in [0.25, 0.3) is 0 Å². The first-order valence-electron chi connectivity index (χ1n) is 8.37. The zero-order valence-electron chi connectivity index (χ0n) is 14.1. The minimum absolute atomic E-state index is 0.0206. The SMILES string of the molecule is CCCCCCCCC(COC(C)(C)C)NCCC. The third kappa shape index (κ3) is 14.1. The van der Waals surface area contributed by atoms with Gasteiger partial charge in [-0.3, -0.25) is 0 Å². The van der Waals surface area contributed by atoms with Crippen LogP contribution in [-0.4, -0.2) is 24.8 Å². The summed E-state index contributed by atoms with van der Waals surface area (Å²) in [5.41, 5.74) is -0.0206. The second kappa shape index (κ2) is 11.7. The molecule has 0 amide bonds. The van der Waals surface area contributed by atoms with Gasteiger partial charge in [0.15, 0.2) is 0 Å². The van der Waals surface area contributed by atoms with E-state index >= 15 is 0 Å². The van der Waals surface area contributed by atoms with E-state index in [0.717, 1.165) is 13.2 Å². The van der Waals surface area contributed by atoms with Crippen LogP contribution in [0.15, 0.2) is 0 Å².